The van der Waals surface area contributed by atoms with Gasteiger partial charge in [-0.3, -0.25) is 0 Å². The largest absolute Gasteiger partial charge is 0.497 e. The van der Waals surface area contributed by atoms with Crippen molar-refractivity contribution < 1.29 is 9.47 Å². The monoisotopic (exact) mass is 249 g/mol. The van der Waals surface area contributed by atoms with Gasteiger partial charge in [0.25, 0.3) is 0 Å². The summed E-state index contributed by atoms with van der Waals surface area (Å²) in [6.45, 7) is 1.96. The highest BCUT2D eigenvalue weighted by molar-refractivity contribution is 5.60. The third-order valence-electron chi connectivity index (χ3n) is 2.57. The fraction of sp³-hybridized carbons (Fsp3) is 0.462. The standard InChI is InChI=1S/C13H19N3O2/c1-17-7-6-16(5-3-4-14)12-8-11(15)9-13(10-12)18-2/h8-10H,3,5-7,15H2,1-2H3. The van der Waals surface area contributed by atoms with Gasteiger partial charge in [0.1, 0.15) is 5.75 Å². The van der Waals surface area contributed by atoms with Crippen molar-refractivity contribution >= 4 is 11.4 Å². The summed E-state index contributed by atoms with van der Waals surface area (Å²) >= 11 is 0. The first-order valence-corrected chi connectivity index (χ1v) is 5.76. The maximum Gasteiger partial charge on any atom is 0.122 e. The van der Waals surface area contributed by atoms with E-state index in [2.05, 4.69) is 11.0 Å². The molecule has 0 radical (unpaired) electrons. The zero-order valence-electron chi connectivity index (χ0n) is 10.8. The Morgan fingerprint density at radius 3 is 2.67 bits per heavy atom. The van der Waals surface area contributed by atoms with Crippen LogP contribution in [0.4, 0.5) is 11.4 Å². The Balaban J connectivity index is 2.88. The minimum atomic E-state index is 0.459. The molecule has 5 nitrogen and oxygen atoms in total. The highest BCUT2D eigenvalue weighted by atomic mass is 16.5. The number of ether oxygens (including phenoxy) is 2. The highest BCUT2D eigenvalue weighted by Crippen LogP contribution is 2.25. The van der Waals surface area contributed by atoms with Crippen molar-refractivity contribution in [3.63, 3.8) is 0 Å². The molecular formula is C13H19N3O2. The van der Waals surface area contributed by atoms with Crippen LogP contribution in [0, 0.1) is 11.3 Å². The number of methoxy groups -OCH3 is 2. The summed E-state index contributed by atoms with van der Waals surface area (Å²) < 4.78 is 10.3. The summed E-state index contributed by atoms with van der Waals surface area (Å²) in [6, 6.07) is 7.69. The summed E-state index contributed by atoms with van der Waals surface area (Å²) in [6.07, 6.45) is 0.459. The molecule has 0 heterocycles. The van der Waals surface area contributed by atoms with E-state index in [1.165, 1.54) is 0 Å². The lowest BCUT2D eigenvalue weighted by molar-refractivity contribution is 0.205. The lowest BCUT2D eigenvalue weighted by atomic mass is 10.2. The summed E-state index contributed by atoms with van der Waals surface area (Å²) in [7, 11) is 3.26. The Hall–Kier alpha value is -1.93. The molecule has 0 aliphatic heterocycles. The first-order valence-electron chi connectivity index (χ1n) is 5.76. The van der Waals surface area contributed by atoms with E-state index < -0.39 is 0 Å². The Bertz CT molecular complexity index is 415. The number of anilines is 2. The lowest BCUT2D eigenvalue weighted by Crippen LogP contribution is -2.28. The number of benzene rings is 1. The molecule has 5 heteroatoms. The average molecular weight is 249 g/mol. The highest BCUT2D eigenvalue weighted by Gasteiger charge is 2.08. The molecular weight excluding hydrogens is 230 g/mol. The molecule has 1 rings (SSSR count). The maximum absolute atomic E-state index is 8.69. The van der Waals surface area contributed by atoms with Crippen LogP contribution in [0.2, 0.25) is 0 Å². The molecule has 0 aliphatic rings. The van der Waals surface area contributed by atoms with Gasteiger partial charge in [0.2, 0.25) is 0 Å². The third kappa shape index (κ3) is 4.15. The maximum atomic E-state index is 8.69. The number of hydrogen-bond donors (Lipinski definition) is 1. The molecule has 0 fully saturated rings. The van der Waals surface area contributed by atoms with Gasteiger partial charge >= 0.3 is 0 Å². The van der Waals surface area contributed by atoms with E-state index in [-0.39, 0.29) is 0 Å². The van der Waals surface area contributed by atoms with E-state index in [0.29, 0.717) is 37.6 Å². The smallest absolute Gasteiger partial charge is 0.122 e. The number of rotatable bonds is 7. The van der Waals surface area contributed by atoms with Crippen molar-refractivity contribution in [2.75, 3.05) is 44.5 Å². The molecule has 2 N–H and O–H groups in total. The van der Waals surface area contributed by atoms with E-state index in [4.69, 9.17) is 20.5 Å². The van der Waals surface area contributed by atoms with Crippen LogP contribution in [0.15, 0.2) is 18.2 Å². The van der Waals surface area contributed by atoms with Gasteiger partial charge in [-0.2, -0.15) is 5.26 Å². The summed E-state index contributed by atoms with van der Waals surface area (Å²) in [4.78, 5) is 2.06. The van der Waals surface area contributed by atoms with Gasteiger partial charge in [-0.05, 0) is 6.07 Å². The minimum absolute atomic E-state index is 0.459. The second-order valence-corrected chi connectivity index (χ2v) is 3.85. The van der Waals surface area contributed by atoms with E-state index in [9.17, 15) is 0 Å². The molecule has 0 bridgehead atoms. The quantitative estimate of drug-likeness (QED) is 0.744. The van der Waals surface area contributed by atoms with Crippen molar-refractivity contribution in [2.24, 2.45) is 0 Å². The fourth-order valence-corrected chi connectivity index (χ4v) is 1.66. The van der Waals surface area contributed by atoms with Gasteiger partial charge in [0, 0.05) is 43.7 Å². The number of nitriles is 1. The fourth-order valence-electron chi connectivity index (χ4n) is 1.66. The zero-order chi connectivity index (χ0) is 13.4. The van der Waals surface area contributed by atoms with Crippen molar-refractivity contribution in [1.82, 2.24) is 0 Å². The van der Waals surface area contributed by atoms with Gasteiger partial charge in [-0.1, -0.05) is 0 Å². The summed E-state index contributed by atoms with van der Waals surface area (Å²) in [5.41, 5.74) is 7.41. The summed E-state index contributed by atoms with van der Waals surface area (Å²) in [5, 5.41) is 8.69. The third-order valence-corrected chi connectivity index (χ3v) is 2.57. The molecule has 0 saturated heterocycles. The molecule has 0 unspecified atom stereocenters. The van der Waals surface area contributed by atoms with Crippen LogP contribution in [0.1, 0.15) is 6.42 Å². The number of hydrogen-bond acceptors (Lipinski definition) is 5. The molecule has 0 aromatic heterocycles. The lowest BCUT2D eigenvalue weighted by Gasteiger charge is -2.24. The second kappa shape index (κ2) is 7.41. The Kier molecular flexibility index (Phi) is 5.81. The van der Waals surface area contributed by atoms with E-state index in [0.717, 1.165) is 5.69 Å². The van der Waals surface area contributed by atoms with Crippen molar-refractivity contribution in [3.8, 4) is 11.8 Å². The normalized spacial score (nSPS) is 9.83. The minimum Gasteiger partial charge on any atom is -0.497 e. The molecule has 0 aliphatic carbocycles. The Morgan fingerprint density at radius 1 is 1.28 bits per heavy atom. The Morgan fingerprint density at radius 2 is 2.06 bits per heavy atom. The first kappa shape index (κ1) is 14.1. The number of nitrogens with zero attached hydrogens (tertiary/aromatic N) is 2. The van der Waals surface area contributed by atoms with E-state index in [1.807, 2.05) is 12.1 Å². The molecule has 0 saturated carbocycles. The number of nitrogens with two attached hydrogens (primary N) is 1. The molecule has 1 aromatic rings. The van der Waals surface area contributed by atoms with Crippen LogP contribution in [0.5, 0.6) is 5.75 Å². The Labute approximate surface area is 108 Å². The SMILES string of the molecule is COCCN(CCC#N)c1cc(N)cc(OC)c1. The van der Waals surface area contributed by atoms with Gasteiger partial charge < -0.3 is 20.1 Å². The van der Waals surface area contributed by atoms with Crippen molar-refractivity contribution in [3.05, 3.63) is 18.2 Å². The molecule has 0 atom stereocenters. The topological polar surface area (TPSA) is 71.5 Å². The predicted octanol–water partition coefficient (Wildman–Crippen LogP) is 1.64. The molecule has 18 heavy (non-hydrogen) atoms. The van der Waals surface area contributed by atoms with Gasteiger partial charge in [0.15, 0.2) is 0 Å². The molecule has 0 spiro atoms. The molecule has 0 amide bonds. The first-order chi connectivity index (χ1) is 8.71. The van der Waals surface area contributed by atoms with Crippen molar-refractivity contribution in [2.45, 2.75) is 6.42 Å². The second-order valence-electron chi connectivity index (χ2n) is 3.85. The average Bonchev–Trinajstić information content (AvgIpc) is 2.38. The van der Waals surface area contributed by atoms with E-state index >= 15 is 0 Å². The van der Waals surface area contributed by atoms with Crippen molar-refractivity contribution in [1.29, 1.82) is 5.26 Å². The van der Waals surface area contributed by atoms with Crippen LogP contribution >= 0.6 is 0 Å². The van der Waals surface area contributed by atoms with Crippen LogP contribution in [0.25, 0.3) is 0 Å². The van der Waals surface area contributed by atoms with Gasteiger partial charge in [-0.15, -0.1) is 0 Å². The van der Waals surface area contributed by atoms with Gasteiger partial charge in [-0.25, -0.2) is 0 Å². The molecule has 1 aromatic carbocycles. The van der Waals surface area contributed by atoms with Crippen LogP contribution < -0.4 is 15.4 Å². The van der Waals surface area contributed by atoms with Crippen LogP contribution in [0.3, 0.4) is 0 Å². The van der Waals surface area contributed by atoms with E-state index in [1.54, 1.807) is 20.3 Å². The van der Waals surface area contributed by atoms with Crippen LogP contribution in [-0.2, 0) is 4.74 Å². The summed E-state index contributed by atoms with van der Waals surface area (Å²) in [5.74, 6) is 0.712. The zero-order valence-corrected chi connectivity index (χ0v) is 10.8. The van der Waals surface area contributed by atoms with Crippen LogP contribution in [-0.4, -0.2) is 33.9 Å². The number of nitrogen functional groups attached to an aromatic ring is 1. The predicted molar refractivity (Wildman–Crippen MR) is 71.7 cm³/mol. The molecule has 98 valence electrons. The van der Waals surface area contributed by atoms with Gasteiger partial charge in [0.05, 0.1) is 26.2 Å².